The number of alkyl halides is 1. The summed E-state index contributed by atoms with van der Waals surface area (Å²) in [6, 6.07) is 8.61. The molecule has 0 bridgehead atoms. The van der Waals surface area contributed by atoms with Gasteiger partial charge in [-0.25, -0.2) is 4.98 Å². The average molecular weight is 314 g/mol. The van der Waals surface area contributed by atoms with E-state index in [9.17, 15) is 0 Å². The predicted molar refractivity (Wildman–Crippen MR) is 76.6 cm³/mol. The van der Waals surface area contributed by atoms with Crippen LogP contribution >= 0.6 is 39.0 Å². The lowest BCUT2D eigenvalue weighted by Crippen LogP contribution is -1.80. The van der Waals surface area contributed by atoms with Crippen LogP contribution in [0.1, 0.15) is 11.9 Å². The van der Waals surface area contributed by atoms with Crippen molar-refractivity contribution >= 4 is 39.0 Å². The number of thioether (sulfide) groups is 1. The van der Waals surface area contributed by atoms with Gasteiger partial charge in [0.1, 0.15) is 5.01 Å². The molecule has 84 valence electrons. The van der Waals surface area contributed by atoms with Gasteiger partial charge >= 0.3 is 0 Å². The van der Waals surface area contributed by atoms with E-state index in [1.54, 1.807) is 11.3 Å². The van der Waals surface area contributed by atoms with Crippen molar-refractivity contribution < 1.29 is 0 Å². The van der Waals surface area contributed by atoms with E-state index in [1.807, 2.05) is 11.8 Å². The number of nitrogens with zero attached hydrogens (tertiary/aromatic N) is 1. The summed E-state index contributed by atoms with van der Waals surface area (Å²) >= 11 is 6.98. The molecular formula is C12H12BrNS2. The summed E-state index contributed by atoms with van der Waals surface area (Å²) in [6.45, 7) is 2.17. The largest absolute Gasteiger partial charge is 0.240 e. The molecule has 0 fully saturated rings. The summed E-state index contributed by atoms with van der Waals surface area (Å²) in [7, 11) is 0. The second-order valence-electron chi connectivity index (χ2n) is 3.22. The molecule has 0 aliphatic heterocycles. The Bertz CT molecular complexity index is 450. The number of aromatic nitrogens is 1. The molecule has 1 nitrogen and oxygen atoms in total. The van der Waals surface area contributed by atoms with Gasteiger partial charge in [-0.3, -0.25) is 0 Å². The first-order valence-electron chi connectivity index (χ1n) is 5.07. The first-order valence-corrected chi connectivity index (χ1v) is 8.05. The van der Waals surface area contributed by atoms with Crippen LogP contribution in [0.5, 0.6) is 0 Å². The Hall–Kier alpha value is -0.320. The maximum atomic E-state index is 4.54. The fourth-order valence-corrected chi connectivity index (χ4v) is 3.23. The number of hydrogen-bond donors (Lipinski definition) is 0. The minimum Gasteiger partial charge on any atom is -0.240 e. The smallest absolute Gasteiger partial charge is 0.104 e. The molecule has 0 saturated heterocycles. The Balaban J connectivity index is 2.20. The quantitative estimate of drug-likeness (QED) is 0.593. The lowest BCUT2D eigenvalue weighted by molar-refractivity contribution is 1.28. The van der Waals surface area contributed by atoms with Crippen LogP contribution in [0.3, 0.4) is 0 Å². The van der Waals surface area contributed by atoms with E-state index in [4.69, 9.17) is 0 Å². The fourth-order valence-electron chi connectivity index (χ4n) is 1.39. The third kappa shape index (κ3) is 2.87. The first kappa shape index (κ1) is 12.1. The van der Waals surface area contributed by atoms with E-state index in [-0.39, 0.29) is 0 Å². The van der Waals surface area contributed by atoms with Crippen molar-refractivity contribution in [3.8, 4) is 11.3 Å². The number of halogens is 1. The first-order chi connectivity index (χ1) is 7.83. The van der Waals surface area contributed by atoms with Crippen LogP contribution in [0.4, 0.5) is 0 Å². The minimum atomic E-state index is 0.835. The Morgan fingerprint density at radius 2 is 2.06 bits per heavy atom. The van der Waals surface area contributed by atoms with Crippen LogP contribution in [0, 0.1) is 0 Å². The summed E-state index contributed by atoms with van der Waals surface area (Å²) in [5, 5.41) is 4.07. The molecule has 0 aliphatic carbocycles. The molecule has 16 heavy (non-hydrogen) atoms. The normalized spacial score (nSPS) is 10.6. The number of hydrogen-bond acceptors (Lipinski definition) is 3. The summed E-state index contributed by atoms with van der Waals surface area (Å²) < 4.78 is 0. The van der Waals surface area contributed by atoms with Crippen LogP contribution in [-0.4, -0.2) is 10.7 Å². The lowest BCUT2D eigenvalue weighted by Gasteiger charge is -2.00. The fraction of sp³-hybridized carbons (Fsp3) is 0.250. The Morgan fingerprint density at radius 3 is 2.62 bits per heavy atom. The maximum Gasteiger partial charge on any atom is 0.104 e. The number of thiazole rings is 1. The summed E-state index contributed by atoms with van der Waals surface area (Å²) in [4.78, 5) is 5.86. The van der Waals surface area contributed by atoms with Gasteiger partial charge in [0, 0.05) is 15.8 Å². The van der Waals surface area contributed by atoms with Crippen molar-refractivity contribution in [3.63, 3.8) is 0 Å². The van der Waals surface area contributed by atoms with Crippen molar-refractivity contribution in [2.24, 2.45) is 0 Å². The lowest BCUT2D eigenvalue weighted by atomic mass is 10.2. The molecule has 0 atom stereocenters. The van der Waals surface area contributed by atoms with E-state index >= 15 is 0 Å². The SMILES string of the molecule is CCSc1ccc(-c2csc(CBr)n2)cc1. The van der Waals surface area contributed by atoms with Gasteiger partial charge in [-0.15, -0.1) is 23.1 Å². The van der Waals surface area contributed by atoms with Crippen LogP contribution in [0.25, 0.3) is 11.3 Å². The molecule has 1 aromatic carbocycles. The van der Waals surface area contributed by atoms with Gasteiger partial charge in [-0.1, -0.05) is 35.0 Å². The molecule has 1 heterocycles. The van der Waals surface area contributed by atoms with Crippen LogP contribution < -0.4 is 0 Å². The Labute approximate surface area is 112 Å². The summed E-state index contributed by atoms with van der Waals surface area (Å²) in [6.07, 6.45) is 0. The van der Waals surface area contributed by atoms with Gasteiger partial charge in [-0.05, 0) is 17.9 Å². The van der Waals surface area contributed by atoms with Crippen molar-refractivity contribution in [3.05, 3.63) is 34.7 Å². The molecular weight excluding hydrogens is 302 g/mol. The molecule has 0 spiro atoms. The molecule has 0 amide bonds. The van der Waals surface area contributed by atoms with Gasteiger partial charge in [0.05, 0.1) is 11.0 Å². The van der Waals surface area contributed by atoms with Crippen LogP contribution in [0.15, 0.2) is 34.5 Å². The van der Waals surface area contributed by atoms with E-state index in [1.165, 1.54) is 10.5 Å². The molecule has 2 aromatic rings. The monoisotopic (exact) mass is 313 g/mol. The van der Waals surface area contributed by atoms with Gasteiger partial charge in [0.2, 0.25) is 0 Å². The van der Waals surface area contributed by atoms with Gasteiger partial charge in [0.25, 0.3) is 0 Å². The highest BCUT2D eigenvalue weighted by Crippen LogP contribution is 2.25. The van der Waals surface area contributed by atoms with Crippen LogP contribution in [0.2, 0.25) is 0 Å². The third-order valence-electron chi connectivity index (χ3n) is 2.13. The van der Waals surface area contributed by atoms with Crippen molar-refractivity contribution in [2.45, 2.75) is 17.1 Å². The Kier molecular flexibility index (Phi) is 4.44. The molecule has 2 rings (SSSR count). The maximum absolute atomic E-state index is 4.54. The molecule has 0 saturated carbocycles. The molecule has 0 N–H and O–H groups in total. The summed E-state index contributed by atoms with van der Waals surface area (Å²) in [5.74, 6) is 1.11. The highest BCUT2D eigenvalue weighted by atomic mass is 79.9. The van der Waals surface area contributed by atoms with Gasteiger partial charge in [0.15, 0.2) is 0 Å². The number of rotatable bonds is 4. The van der Waals surface area contributed by atoms with E-state index in [0.717, 1.165) is 21.8 Å². The van der Waals surface area contributed by atoms with Gasteiger partial charge in [-0.2, -0.15) is 0 Å². The summed E-state index contributed by atoms with van der Waals surface area (Å²) in [5.41, 5.74) is 2.27. The molecule has 0 radical (unpaired) electrons. The van der Waals surface area contributed by atoms with Crippen molar-refractivity contribution in [1.82, 2.24) is 4.98 Å². The topological polar surface area (TPSA) is 12.9 Å². The number of benzene rings is 1. The zero-order valence-electron chi connectivity index (χ0n) is 8.94. The van der Waals surface area contributed by atoms with E-state index in [0.29, 0.717) is 0 Å². The van der Waals surface area contributed by atoms with Crippen molar-refractivity contribution in [2.75, 3.05) is 5.75 Å². The third-order valence-corrected chi connectivity index (χ3v) is 4.77. The zero-order chi connectivity index (χ0) is 11.4. The highest BCUT2D eigenvalue weighted by molar-refractivity contribution is 9.08. The van der Waals surface area contributed by atoms with Crippen molar-refractivity contribution in [1.29, 1.82) is 0 Å². The van der Waals surface area contributed by atoms with E-state index < -0.39 is 0 Å². The molecule has 4 heteroatoms. The highest BCUT2D eigenvalue weighted by Gasteiger charge is 2.03. The molecule has 0 unspecified atom stereocenters. The Morgan fingerprint density at radius 1 is 1.31 bits per heavy atom. The molecule has 1 aromatic heterocycles. The minimum absolute atomic E-state index is 0.835. The molecule has 0 aliphatic rings. The zero-order valence-corrected chi connectivity index (χ0v) is 12.2. The predicted octanol–water partition coefficient (Wildman–Crippen LogP) is 4.82. The average Bonchev–Trinajstić information content (AvgIpc) is 2.79. The van der Waals surface area contributed by atoms with Crippen LogP contribution in [-0.2, 0) is 5.33 Å². The second-order valence-corrected chi connectivity index (χ2v) is 6.06. The second kappa shape index (κ2) is 5.84. The standard InChI is InChI=1S/C12H12BrNS2/c1-2-15-10-5-3-9(4-6-10)11-8-16-12(7-13)14-11/h3-6,8H,2,7H2,1H3. The van der Waals surface area contributed by atoms with E-state index in [2.05, 4.69) is 57.5 Å². The van der Waals surface area contributed by atoms with Gasteiger partial charge < -0.3 is 0 Å².